The molecular weight excluding hydrogens is 175 g/mol. The molecule has 0 aromatic rings. The number of cyclic esters (lactones) is 1. The molecule has 0 saturated heterocycles. The summed E-state index contributed by atoms with van der Waals surface area (Å²) in [7, 11) is 0. The molecule has 0 radical (unpaired) electrons. The molecule has 2 atom stereocenters. The Morgan fingerprint density at radius 1 is 1.67 bits per heavy atom. The van der Waals surface area contributed by atoms with E-state index in [9.17, 15) is 4.79 Å². The van der Waals surface area contributed by atoms with Crippen LogP contribution in [0.15, 0.2) is 8.58 Å². The van der Waals surface area contributed by atoms with Crippen molar-refractivity contribution < 1.29 is 24.9 Å². The van der Waals surface area contributed by atoms with E-state index in [-0.39, 0.29) is 0 Å². The molecule has 0 aromatic carbocycles. The van der Waals surface area contributed by atoms with Gasteiger partial charge in [-0.2, -0.15) is 0 Å². The quantitative estimate of drug-likeness (QED) is 0.346. The van der Waals surface area contributed by atoms with E-state index in [4.69, 9.17) is 15.3 Å². The molecule has 12 heavy (non-hydrogen) atoms. The number of hydrogen-bond acceptors (Lipinski definition) is 5. The molecule has 1 unspecified atom stereocenters. The Kier molecular flexibility index (Phi) is 3.14. The Hall–Kier alpha value is -0.0700. The maximum absolute atomic E-state index is 10.7. The van der Waals surface area contributed by atoms with E-state index in [0.717, 1.165) is 0 Å². The van der Waals surface area contributed by atoms with E-state index in [1.165, 1.54) is 0 Å². The van der Waals surface area contributed by atoms with E-state index in [1.807, 2.05) is 0 Å². The van der Waals surface area contributed by atoms with Gasteiger partial charge in [0.05, 0.1) is 0 Å². The van der Waals surface area contributed by atoms with Crippen molar-refractivity contribution in [3.63, 3.8) is 0 Å². The van der Waals surface area contributed by atoms with Crippen molar-refractivity contribution in [3.05, 3.63) is 8.58 Å². The number of carbonyl (C=O) groups is 1. The van der Waals surface area contributed by atoms with Crippen molar-refractivity contribution in [2.24, 2.45) is 0 Å². The molecular formula is C6H7NaO5. The van der Waals surface area contributed by atoms with Crippen LogP contribution in [-0.2, 0) is 9.53 Å². The molecule has 0 saturated carbocycles. The summed E-state index contributed by atoms with van der Waals surface area (Å²) in [5.41, 5.74) is 0. The minimum absolute atomic E-state index is 0.390. The van der Waals surface area contributed by atoms with E-state index in [2.05, 4.69) is 4.74 Å². The first-order chi connectivity index (χ1) is 5.57. The second-order valence-corrected chi connectivity index (χ2v) is 3.68. The van der Waals surface area contributed by atoms with Gasteiger partial charge < -0.3 is 0 Å². The fourth-order valence-corrected chi connectivity index (χ4v) is 1.72. The van der Waals surface area contributed by atoms with Crippen LogP contribution >= 0.6 is 0 Å². The predicted molar refractivity (Wildman–Crippen MR) is 38.4 cm³/mol. The van der Waals surface area contributed by atoms with Crippen LogP contribution in [0.2, 0.25) is 0 Å². The predicted octanol–water partition coefficient (Wildman–Crippen LogP) is -1.80. The topological polar surface area (TPSA) is 87.0 Å². The van der Waals surface area contributed by atoms with Gasteiger partial charge in [-0.25, -0.2) is 0 Å². The molecule has 0 bridgehead atoms. The van der Waals surface area contributed by atoms with Crippen molar-refractivity contribution in [2.45, 2.75) is 12.2 Å². The molecule has 0 fully saturated rings. The summed E-state index contributed by atoms with van der Waals surface area (Å²) in [5.74, 6) is -1.24. The van der Waals surface area contributed by atoms with Gasteiger partial charge in [-0.15, -0.1) is 0 Å². The van der Waals surface area contributed by atoms with Gasteiger partial charge >= 0.3 is 86.1 Å². The van der Waals surface area contributed by atoms with E-state index in [0.29, 0.717) is 30.8 Å². The van der Waals surface area contributed by atoms with Crippen molar-refractivity contribution in [1.29, 1.82) is 0 Å². The molecule has 1 aliphatic heterocycles. The van der Waals surface area contributed by atoms with Gasteiger partial charge in [0.1, 0.15) is 0 Å². The van der Waals surface area contributed by atoms with Crippen LogP contribution in [0, 0.1) is 0 Å². The third-order valence-electron chi connectivity index (χ3n) is 1.76. The average Bonchev–Trinajstić information content (AvgIpc) is 2.32. The van der Waals surface area contributed by atoms with E-state index >= 15 is 0 Å². The third kappa shape index (κ3) is 1.65. The summed E-state index contributed by atoms with van der Waals surface area (Å²) in [4.78, 5) is 10.7. The number of esters is 1. The molecule has 62 valence electrons. The Morgan fingerprint density at radius 2 is 2.25 bits per heavy atom. The zero-order valence-electron chi connectivity index (χ0n) is 6.52. The minimum atomic E-state index is -1.13. The summed E-state index contributed by atoms with van der Waals surface area (Å²) in [6.45, 7) is -0.489. The summed E-state index contributed by atoms with van der Waals surface area (Å²) >= 11 is 0.423. The number of hydrogen-bond donors (Lipinski definition) is 3. The zero-order valence-corrected chi connectivity index (χ0v) is 8.52. The molecule has 1 aliphatic rings. The number of carbonyl (C=O) groups excluding carboxylic acids is 1. The molecule has 0 amide bonds. The Bertz CT molecular complexity index is 236. The summed E-state index contributed by atoms with van der Waals surface area (Å²) in [5, 5.41) is 26.7. The number of rotatable bonds is 2. The van der Waals surface area contributed by atoms with Crippen LogP contribution in [0.25, 0.3) is 0 Å². The first kappa shape index (κ1) is 10.0. The standard InChI is InChI=1S/C6H7O5.Na/c7-2-4(9)5-1-3(8)6(10)11-5;/h4-5,7-9H,2H2;/t4-,5?;/m0./s1. The van der Waals surface area contributed by atoms with Crippen molar-refractivity contribution in [3.8, 4) is 0 Å². The van der Waals surface area contributed by atoms with Crippen molar-refractivity contribution in [1.82, 2.24) is 0 Å². The van der Waals surface area contributed by atoms with Gasteiger partial charge in [-0.05, 0) is 0 Å². The molecule has 0 aromatic heterocycles. The number of aliphatic hydroxyl groups is 3. The van der Waals surface area contributed by atoms with Gasteiger partial charge in [0.25, 0.3) is 0 Å². The molecule has 3 N–H and O–H groups in total. The third-order valence-corrected chi connectivity index (χ3v) is 2.81. The van der Waals surface area contributed by atoms with Crippen molar-refractivity contribution >= 4 is 33.9 Å². The summed E-state index contributed by atoms with van der Waals surface area (Å²) in [6, 6.07) is 0. The molecule has 5 nitrogen and oxygen atoms in total. The van der Waals surface area contributed by atoms with Crippen LogP contribution < -0.4 is 0 Å². The Balaban J connectivity index is 2.80. The fraction of sp³-hybridized carbons (Fsp3) is 0.500. The fourth-order valence-electron chi connectivity index (χ4n) is 1.02. The number of ether oxygens (including phenoxy) is 1. The van der Waals surface area contributed by atoms with E-state index < -0.39 is 30.5 Å². The molecule has 6 heteroatoms. The number of aliphatic hydroxyl groups excluding tert-OH is 3. The molecule has 1 rings (SSSR count). The molecule has 0 aliphatic carbocycles. The van der Waals surface area contributed by atoms with Gasteiger partial charge in [-0.3, -0.25) is 0 Å². The normalized spacial score (nSPS) is 26.0. The average molecular weight is 182 g/mol. The monoisotopic (exact) mass is 182 g/mol. The molecule has 1 heterocycles. The zero-order chi connectivity index (χ0) is 9.30. The Labute approximate surface area is 86.1 Å². The van der Waals surface area contributed by atoms with Gasteiger partial charge in [-0.1, -0.05) is 0 Å². The van der Waals surface area contributed by atoms with Crippen LogP contribution in [-0.4, -0.2) is 68.0 Å². The molecule has 0 spiro atoms. The van der Waals surface area contributed by atoms with Crippen LogP contribution in [0.3, 0.4) is 0 Å². The first-order valence-corrected chi connectivity index (χ1v) is 4.47. The maximum atomic E-state index is 10.7. The van der Waals surface area contributed by atoms with Crippen molar-refractivity contribution in [2.75, 3.05) is 6.61 Å². The van der Waals surface area contributed by atoms with Gasteiger partial charge in [0.15, 0.2) is 0 Å². The SMILES string of the molecule is O=C1OC([C@@H](O)CO)[C]([Na])=C1O. The van der Waals surface area contributed by atoms with Crippen LogP contribution in [0.4, 0.5) is 0 Å². The van der Waals surface area contributed by atoms with Gasteiger partial charge in [0, 0.05) is 0 Å². The second kappa shape index (κ2) is 3.76. The Morgan fingerprint density at radius 3 is 2.58 bits per heavy atom. The van der Waals surface area contributed by atoms with Gasteiger partial charge in [0.2, 0.25) is 0 Å². The van der Waals surface area contributed by atoms with E-state index in [1.54, 1.807) is 0 Å². The second-order valence-electron chi connectivity index (χ2n) is 2.61. The first-order valence-electron chi connectivity index (χ1n) is 3.47. The summed E-state index contributed by atoms with van der Waals surface area (Å²) < 4.78 is 4.99. The van der Waals surface area contributed by atoms with Crippen LogP contribution in [0.5, 0.6) is 0 Å². The van der Waals surface area contributed by atoms with Crippen LogP contribution in [0.1, 0.15) is 0 Å². The summed E-state index contributed by atoms with van der Waals surface area (Å²) in [6.07, 6.45) is -1.99.